The lowest BCUT2D eigenvalue weighted by Crippen LogP contribution is -2.27. The minimum Gasteiger partial charge on any atom is -0.212 e. The lowest BCUT2D eigenvalue weighted by Gasteiger charge is -2.29. The molecular formula is C10H19ClO2S. The van der Waals surface area contributed by atoms with E-state index in [4.69, 9.17) is 10.7 Å². The van der Waals surface area contributed by atoms with Gasteiger partial charge in [0.2, 0.25) is 9.05 Å². The molecule has 1 saturated carbocycles. The molecule has 0 aromatic heterocycles. The maximum Gasteiger partial charge on any atom is 0.238 e. The summed E-state index contributed by atoms with van der Waals surface area (Å²) in [6, 6.07) is 0. The molecule has 1 rings (SSSR count). The Balaban J connectivity index is 2.71. The second kappa shape index (κ2) is 3.38. The van der Waals surface area contributed by atoms with Crippen LogP contribution in [0.3, 0.4) is 0 Å². The molecule has 0 N–H and O–H groups in total. The van der Waals surface area contributed by atoms with Gasteiger partial charge in [-0.3, -0.25) is 0 Å². The molecule has 0 amide bonds. The molecule has 1 fully saturated rings. The van der Waals surface area contributed by atoms with Crippen molar-refractivity contribution in [1.29, 1.82) is 0 Å². The zero-order valence-electron chi connectivity index (χ0n) is 9.30. The molecule has 2 nitrogen and oxygen atoms in total. The summed E-state index contributed by atoms with van der Waals surface area (Å²) in [6.07, 6.45) is 2.17. The largest absolute Gasteiger partial charge is 0.238 e. The molecule has 4 heteroatoms. The van der Waals surface area contributed by atoms with E-state index in [0.29, 0.717) is 12.3 Å². The Labute approximate surface area is 91.5 Å². The molecule has 0 spiro atoms. The quantitative estimate of drug-likeness (QED) is 0.708. The fourth-order valence-electron chi connectivity index (χ4n) is 1.55. The van der Waals surface area contributed by atoms with Crippen molar-refractivity contribution in [3.8, 4) is 0 Å². The van der Waals surface area contributed by atoms with Crippen LogP contribution in [0.5, 0.6) is 0 Å². The summed E-state index contributed by atoms with van der Waals surface area (Å²) >= 11 is 0. The zero-order chi connectivity index (χ0) is 11.2. The number of hydrogen-bond acceptors (Lipinski definition) is 2. The van der Waals surface area contributed by atoms with Gasteiger partial charge in [0.25, 0.3) is 0 Å². The smallest absolute Gasteiger partial charge is 0.212 e. The van der Waals surface area contributed by atoms with Crippen LogP contribution in [0, 0.1) is 11.3 Å². The maximum atomic E-state index is 11.3. The van der Waals surface area contributed by atoms with E-state index >= 15 is 0 Å². The van der Waals surface area contributed by atoms with Gasteiger partial charge >= 0.3 is 0 Å². The highest BCUT2D eigenvalue weighted by molar-refractivity contribution is 8.15. The van der Waals surface area contributed by atoms with Gasteiger partial charge < -0.3 is 0 Å². The van der Waals surface area contributed by atoms with Crippen molar-refractivity contribution in [2.45, 2.75) is 51.7 Å². The molecule has 14 heavy (non-hydrogen) atoms. The van der Waals surface area contributed by atoms with Gasteiger partial charge in [0.15, 0.2) is 0 Å². The van der Waals surface area contributed by atoms with E-state index < -0.39 is 13.8 Å². The van der Waals surface area contributed by atoms with Crippen molar-refractivity contribution < 1.29 is 8.42 Å². The normalized spacial score (nSPS) is 23.2. The Morgan fingerprint density at radius 3 is 2.00 bits per heavy atom. The molecule has 0 aromatic rings. The molecule has 1 atom stereocenters. The Bertz CT molecular complexity index is 310. The first kappa shape index (κ1) is 12.3. The standard InChI is InChI=1S/C10H19ClO2S/c1-8(9(2,3)4)7-10(5-6-10)14(11,12)13/h8H,5-7H2,1-4H3. The van der Waals surface area contributed by atoms with Crippen molar-refractivity contribution in [2.75, 3.05) is 0 Å². The molecule has 1 aliphatic rings. The van der Waals surface area contributed by atoms with Crippen LogP contribution in [0.15, 0.2) is 0 Å². The highest BCUT2D eigenvalue weighted by Gasteiger charge is 2.54. The van der Waals surface area contributed by atoms with Crippen molar-refractivity contribution in [3.63, 3.8) is 0 Å². The molecule has 1 aliphatic carbocycles. The summed E-state index contributed by atoms with van der Waals surface area (Å²) < 4.78 is 22.1. The molecule has 0 bridgehead atoms. The van der Waals surface area contributed by atoms with E-state index in [2.05, 4.69) is 27.7 Å². The van der Waals surface area contributed by atoms with Gasteiger partial charge in [-0.1, -0.05) is 27.7 Å². The first-order valence-corrected chi connectivity index (χ1v) is 7.34. The molecule has 84 valence electrons. The lowest BCUT2D eigenvalue weighted by atomic mass is 9.79. The molecule has 0 saturated heterocycles. The van der Waals surface area contributed by atoms with Crippen LogP contribution in [0.25, 0.3) is 0 Å². The summed E-state index contributed by atoms with van der Waals surface area (Å²) in [6.45, 7) is 8.50. The predicted molar refractivity (Wildman–Crippen MR) is 60.0 cm³/mol. The summed E-state index contributed by atoms with van der Waals surface area (Å²) in [4.78, 5) is 0. The molecule has 0 aliphatic heterocycles. The SMILES string of the molecule is CC(CC1(S(=O)(=O)Cl)CC1)C(C)(C)C. The monoisotopic (exact) mass is 238 g/mol. The van der Waals surface area contributed by atoms with E-state index in [-0.39, 0.29) is 5.41 Å². The molecule has 0 radical (unpaired) electrons. The van der Waals surface area contributed by atoms with Gasteiger partial charge in [0, 0.05) is 10.7 Å². The molecular weight excluding hydrogens is 220 g/mol. The number of hydrogen-bond donors (Lipinski definition) is 0. The Morgan fingerprint density at radius 2 is 1.79 bits per heavy atom. The van der Waals surface area contributed by atoms with Gasteiger partial charge in [0.1, 0.15) is 0 Å². The minimum absolute atomic E-state index is 0.150. The van der Waals surface area contributed by atoms with Crippen LogP contribution in [0.1, 0.15) is 47.0 Å². The third-order valence-corrected chi connectivity index (χ3v) is 6.07. The van der Waals surface area contributed by atoms with Gasteiger partial charge in [-0.05, 0) is 30.6 Å². The first-order chi connectivity index (χ1) is 6.08. The topological polar surface area (TPSA) is 34.1 Å². The van der Waals surface area contributed by atoms with Gasteiger partial charge in [0.05, 0.1) is 4.75 Å². The highest BCUT2D eigenvalue weighted by atomic mass is 35.7. The maximum absolute atomic E-state index is 11.3. The summed E-state index contributed by atoms with van der Waals surface area (Å²) in [5, 5.41) is 0. The second-order valence-electron chi connectivity index (χ2n) is 5.59. The van der Waals surface area contributed by atoms with Crippen LogP contribution in [0.2, 0.25) is 0 Å². The zero-order valence-corrected chi connectivity index (χ0v) is 10.9. The molecule has 1 unspecified atom stereocenters. The first-order valence-electron chi connectivity index (χ1n) is 5.03. The predicted octanol–water partition coefficient (Wildman–Crippen LogP) is 3.16. The van der Waals surface area contributed by atoms with Crippen LogP contribution in [-0.4, -0.2) is 13.2 Å². The van der Waals surface area contributed by atoms with E-state index in [1.165, 1.54) is 0 Å². The summed E-state index contributed by atoms with van der Waals surface area (Å²) in [5.41, 5.74) is 0.150. The lowest BCUT2D eigenvalue weighted by molar-refractivity contribution is 0.241. The summed E-state index contributed by atoms with van der Waals surface area (Å²) in [7, 11) is 2.08. The minimum atomic E-state index is -3.37. The van der Waals surface area contributed by atoms with E-state index in [1.807, 2.05) is 0 Å². The van der Waals surface area contributed by atoms with Crippen LogP contribution in [0.4, 0.5) is 0 Å². The number of rotatable bonds is 3. The Hall–Kier alpha value is 0.240. The average molecular weight is 239 g/mol. The van der Waals surface area contributed by atoms with E-state index in [9.17, 15) is 8.42 Å². The third kappa shape index (κ3) is 2.43. The van der Waals surface area contributed by atoms with Gasteiger partial charge in [-0.15, -0.1) is 0 Å². The van der Waals surface area contributed by atoms with Gasteiger partial charge in [-0.2, -0.15) is 0 Å². The summed E-state index contributed by atoms with van der Waals surface area (Å²) in [5.74, 6) is 0.374. The Morgan fingerprint density at radius 1 is 1.36 bits per heavy atom. The Kier molecular flexibility index (Phi) is 2.97. The van der Waals surface area contributed by atoms with Gasteiger partial charge in [-0.25, -0.2) is 8.42 Å². The van der Waals surface area contributed by atoms with Crippen LogP contribution in [-0.2, 0) is 9.05 Å². The second-order valence-corrected chi connectivity index (χ2v) is 8.55. The molecule has 0 heterocycles. The highest BCUT2D eigenvalue weighted by Crippen LogP contribution is 2.52. The van der Waals surface area contributed by atoms with E-state index in [1.54, 1.807) is 0 Å². The van der Waals surface area contributed by atoms with Crippen molar-refractivity contribution in [2.24, 2.45) is 11.3 Å². The fraction of sp³-hybridized carbons (Fsp3) is 1.00. The van der Waals surface area contributed by atoms with E-state index in [0.717, 1.165) is 12.8 Å². The third-order valence-electron chi connectivity index (χ3n) is 3.48. The average Bonchev–Trinajstić information content (AvgIpc) is 2.64. The fourth-order valence-corrected chi connectivity index (χ4v) is 3.24. The number of halogens is 1. The van der Waals surface area contributed by atoms with Crippen LogP contribution < -0.4 is 0 Å². The van der Waals surface area contributed by atoms with Crippen LogP contribution >= 0.6 is 10.7 Å². The molecule has 0 aromatic carbocycles. The van der Waals surface area contributed by atoms with Crippen molar-refractivity contribution >= 4 is 19.7 Å². The van der Waals surface area contributed by atoms with Crippen molar-refractivity contribution in [1.82, 2.24) is 0 Å². The van der Waals surface area contributed by atoms with Crippen molar-refractivity contribution in [3.05, 3.63) is 0 Å².